The van der Waals surface area contributed by atoms with Crippen molar-refractivity contribution < 1.29 is 0 Å². The third-order valence-corrected chi connectivity index (χ3v) is 5.80. The molecule has 8 nitrogen and oxygen atoms in total. The molecule has 0 amide bonds. The van der Waals surface area contributed by atoms with Gasteiger partial charge in [-0.1, -0.05) is 74.4 Å². The van der Waals surface area contributed by atoms with Crippen LogP contribution in [0.5, 0.6) is 0 Å². The summed E-state index contributed by atoms with van der Waals surface area (Å²) in [6.07, 6.45) is 7.74. The summed E-state index contributed by atoms with van der Waals surface area (Å²) in [5, 5.41) is 19.1. The van der Waals surface area contributed by atoms with Crippen LogP contribution in [0.1, 0.15) is 37.6 Å². The third-order valence-electron chi connectivity index (χ3n) is 5.80. The second kappa shape index (κ2) is 10.2. The topological polar surface area (TPSA) is 98.1 Å². The first kappa shape index (κ1) is 21.6. The van der Waals surface area contributed by atoms with Gasteiger partial charge in [-0.3, -0.25) is 4.98 Å². The third kappa shape index (κ3) is 4.76. The molecule has 0 aliphatic heterocycles. The molecule has 0 aliphatic carbocycles. The fourth-order valence-electron chi connectivity index (χ4n) is 4.00. The predicted molar refractivity (Wildman–Crippen MR) is 131 cm³/mol. The van der Waals surface area contributed by atoms with Crippen molar-refractivity contribution in [1.29, 1.82) is 0 Å². The maximum absolute atomic E-state index is 4.90. The smallest absolute Gasteiger partial charge is 0.181 e. The number of H-pyrrole nitrogens is 1. The molecule has 2 aromatic carbocycles. The normalized spacial score (nSPS) is 11.1. The van der Waals surface area contributed by atoms with Crippen LogP contribution in [-0.2, 0) is 13.0 Å². The Kier molecular flexibility index (Phi) is 6.47. The largest absolute Gasteiger partial charge is 0.264 e. The van der Waals surface area contributed by atoms with Gasteiger partial charge in [0.25, 0.3) is 0 Å². The van der Waals surface area contributed by atoms with Crippen molar-refractivity contribution in [3.8, 4) is 33.9 Å². The van der Waals surface area contributed by atoms with Crippen molar-refractivity contribution in [1.82, 2.24) is 40.4 Å². The highest BCUT2D eigenvalue weighted by Crippen LogP contribution is 2.29. The fourth-order valence-corrected chi connectivity index (χ4v) is 4.00. The van der Waals surface area contributed by atoms with E-state index in [1.54, 1.807) is 12.4 Å². The summed E-state index contributed by atoms with van der Waals surface area (Å²) in [4.78, 5) is 9.13. The lowest BCUT2D eigenvalue weighted by Crippen LogP contribution is -2.06. The molecular weight excluding hydrogens is 424 g/mol. The number of hydrogen-bond donors (Lipinski definition) is 1. The first-order valence-corrected chi connectivity index (χ1v) is 11.6. The summed E-state index contributed by atoms with van der Waals surface area (Å²) in [6, 6.07) is 20.7. The van der Waals surface area contributed by atoms with Crippen LogP contribution in [0.15, 0.2) is 73.1 Å². The second-order valence-electron chi connectivity index (χ2n) is 8.19. The van der Waals surface area contributed by atoms with Crippen molar-refractivity contribution in [2.24, 2.45) is 0 Å². The van der Waals surface area contributed by atoms with Gasteiger partial charge in [-0.2, -0.15) is 5.10 Å². The van der Waals surface area contributed by atoms with Gasteiger partial charge < -0.3 is 0 Å². The van der Waals surface area contributed by atoms with E-state index in [2.05, 4.69) is 73.6 Å². The van der Waals surface area contributed by atoms with Crippen molar-refractivity contribution in [3.63, 3.8) is 0 Å². The zero-order valence-electron chi connectivity index (χ0n) is 19.1. The highest BCUT2D eigenvalue weighted by Gasteiger charge is 2.14. The van der Waals surface area contributed by atoms with Crippen LogP contribution in [-0.4, -0.2) is 40.4 Å². The first-order valence-electron chi connectivity index (χ1n) is 11.6. The van der Waals surface area contributed by atoms with E-state index in [0.29, 0.717) is 5.82 Å². The Bertz CT molecular complexity index is 1330. The summed E-state index contributed by atoms with van der Waals surface area (Å²) >= 11 is 0. The quantitative estimate of drug-likeness (QED) is 0.319. The molecule has 0 saturated heterocycles. The molecule has 5 aromatic rings. The minimum absolute atomic E-state index is 0.598. The van der Waals surface area contributed by atoms with Gasteiger partial charge in [0, 0.05) is 36.5 Å². The van der Waals surface area contributed by atoms with Crippen LogP contribution in [0.3, 0.4) is 0 Å². The number of aromatic amines is 1. The predicted octanol–water partition coefficient (Wildman–Crippen LogP) is 4.97. The maximum Gasteiger partial charge on any atom is 0.181 e. The number of hydrogen-bond acceptors (Lipinski definition) is 6. The van der Waals surface area contributed by atoms with E-state index in [4.69, 9.17) is 10.1 Å². The average molecular weight is 451 g/mol. The number of nitrogens with zero attached hydrogens (tertiary/aromatic N) is 7. The maximum atomic E-state index is 4.90. The summed E-state index contributed by atoms with van der Waals surface area (Å²) in [5.74, 6) is 2.37. The summed E-state index contributed by atoms with van der Waals surface area (Å²) in [7, 11) is 0. The molecule has 0 aliphatic rings. The number of aromatic nitrogens is 8. The highest BCUT2D eigenvalue weighted by molar-refractivity contribution is 5.79. The van der Waals surface area contributed by atoms with Gasteiger partial charge in [0.05, 0.1) is 0 Å². The summed E-state index contributed by atoms with van der Waals surface area (Å²) in [6.45, 7) is 3.10. The first-order chi connectivity index (χ1) is 16.8. The molecule has 3 heterocycles. The monoisotopic (exact) mass is 450 g/mol. The zero-order valence-corrected chi connectivity index (χ0v) is 19.1. The molecule has 0 saturated carbocycles. The van der Waals surface area contributed by atoms with E-state index < -0.39 is 0 Å². The fraction of sp³-hybridized carbons (Fsp3) is 0.231. The Morgan fingerprint density at radius 2 is 1.74 bits per heavy atom. The van der Waals surface area contributed by atoms with E-state index in [9.17, 15) is 0 Å². The van der Waals surface area contributed by atoms with E-state index in [0.717, 1.165) is 53.3 Å². The molecule has 0 spiro atoms. The Morgan fingerprint density at radius 3 is 2.50 bits per heavy atom. The number of aryl methyl sites for hydroxylation is 1. The lowest BCUT2D eigenvalue weighted by atomic mass is 9.99. The number of nitrogens with one attached hydrogen (secondary N) is 1. The molecule has 3 aromatic heterocycles. The summed E-state index contributed by atoms with van der Waals surface area (Å²) < 4.78 is 2.07. The number of unbranched alkanes of at least 4 members (excludes halogenated alkanes) is 2. The number of rotatable bonds is 9. The van der Waals surface area contributed by atoms with Crippen molar-refractivity contribution >= 4 is 0 Å². The molecule has 0 atom stereocenters. The molecule has 0 unspecified atom stereocenters. The number of tetrazole rings is 1. The minimum Gasteiger partial charge on any atom is -0.264 e. The van der Waals surface area contributed by atoms with Crippen LogP contribution < -0.4 is 0 Å². The van der Waals surface area contributed by atoms with Crippen LogP contribution in [0.25, 0.3) is 33.9 Å². The SMILES string of the molecule is CCCCCn1nc(-c2ccccc2)nc1Cc1ccc(-c2ccncc2-c2nnn[nH]2)cc1. The van der Waals surface area contributed by atoms with E-state index in [1.807, 2.05) is 24.3 Å². The van der Waals surface area contributed by atoms with E-state index >= 15 is 0 Å². The van der Waals surface area contributed by atoms with Crippen molar-refractivity contribution in [2.45, 2.75) is 39.2 Å². The van der Waals surface area contributed by atoms with Gasteiger partial charge in [-0.25, -0.2) is 14.8 Å². The van der Waals surface area contributed by atoms with Gasteiger partial charge in [-0.15, -0.1) is 5.10 Å². The Balaban J connectivity index is 1.40. The second-order valence-corrected chi connectivity index (χ2v) is 8.19. The van der Waals surface area contributed by atoms with Gasteiger partial charge in [0.1, 0.15) is 5.82 Å². The van der Waals surface area contributed by atoms with Gasteiger partial charge >= 0.3 is 0 Å². The number of pyridine rings is 1. The van der Waals surface area contributed by atoms with E-state index in [1.165, 1.54) is 18.4 Å². The minimum atomic E-state index is 0.598. The molecule has 5 rings (SSSR count). The van der Waals surface area contributed by atoms with Gasteiger partial charge in [-0.05, 0) is 39.6 Å². The molecule has 1 N–H and O–H groups in total. The van der Waals surface area contributed by atoms with Crippen LogP contribution in [0, 0.1) is 0 Å². The molecular formula is C26H26N8. The van der Waals surface area contributed by atoms with Crippen molar-refractivity contribution in [2.75, 3.05) is 0 Å². The Hall–Kier alpha value is -4.20. The molecule has 0 bridgehead atoms. The van der Waals surface area contributed by atoms with Gasteiger partial charge in [0.15, 0.2) is 11.6 Å². The summed E-state index contributed by atoms with van der Waals surface area (Å²) in [5.41, 5.74) is 5.19. The average Bonchev–Trinajstić information content (AvgIpc) is 3.56. The highest BCUT2D eigenvalue weighted by atomic mass is 15.5. The standard InChI is InChI=1S/C26H26N8/c1-2-3-7-16-34-24(28-25(31-34)21-8-5-4-6-9-21)17-19-10-12-20(13-11-19)22-14-15-27-18-23(22)26-29-32-33-30-26/h4-6,8-15,18H,2-3,7,16-17H2,1H3,(H,29,30,32,33). The Morgan fingerprint density at radius 1 is 0.882 bits per heavy atom. The van der Waals surface area contributed by atoms with Crippen LogP contribution >= 0.6 is 0 Å². The molecule has 0 fully saturated rings. The van der Waals surface area contributed by atoms with Crippen molar-refractivity contribution in [3.05, 3.63) is 84.4 Å². The molecule has 0 radical (unpaired) electrons. The van der Waals surface area contributed by atoms with Crippen LogP contribution in [0.4, 0.5) is 0 Å². The van der Waals surface area contributed by atoms with E-state index in [-0.39, 0.29) is 0 Å². The lowest BCUT2D eigenvalue weighted by Gasteiger charge is -2.09. The lowest BCUT2D eigenvalue weighted by molar-refractivity contribution is 0.535. The van der Waals surface area contributed by atoms with Crippen LogP contribution in [0.2, 0.25) is 0 Å². The Labute approximate surface area is 198 Å². The molecule has 8 heteroatoms. The van der Waals surface area contributed by atoms with Gasteiger partial charge in [0.2, 0.25) is 0 Å². The zero-order chi connectivity index (χ0) is 23.2. The molecule has 34 heavy (non-hydrogen) atoms. The molecule has 170 valence electrons. The number of benzene rings is 2.